The Morgan fingerprint density at radius 1 is 1.36 bits per heavy atom. The molecule has 5 heteroatoms. The normalized spacial score (nSPS) is 16.9. The van der Waals surface area contributed by atoms with E-state index in [-0.39, 0.29) is 11.3 Å². The Hall–Kier alpha value is -1.67. The standard InChI is InChI=1S/C9H6N2O2S/c10-6-5-8-7-3-1-2-4-9(7)14(12,13)11-8/h1-4H,5H2. The average molecular weight is 206 g/mol. The van der Waals surface area contributed by atoms with Crippen LogP contribution in [-0.2, 0) is 10.0 Å². The second-order valence-electron chi connectivity index (χ2n) is 2.84. The van der Waals surface area contributed by atoms with Gasteiger partial charge >= 0.3 is 0 Å². The van der Waals surface area contributed by atoms with Crippen molar-refractivity contribution in [3.63, 3.8) is 0 Å². The van der Waals surface area contributed by atoms with E-state index in [1.165, 1.54) is 6.07 Å². The summed E-state index contributed by atoms with van der Waals surface area (Å²) >= 11 is 0. The van der Waals surface area contributed by atoms with Crippen molar-refractivity contribution in [2.24, 2.45) is 4.40 Å². The summed E-state index contributed by atoms with van der Waals surface area (Å²) in [7, 11) is -3.54. The van der Waals surface area contributed by atoms with Crippen molar-refractivity contribution in [2.75, 3.05) is 0 Å². The summed E-state index contributed by atoms with van der Waals surface area (Å²) in [6, 6.07) is 8.42. The number of sulfonamides is 1. The van der Waals surface area contributed by atoms with Crippen molar-refractivity contribution < 1.29 is 8.42 Å². The molecule has 0 spiro atoms. The van der Waals surface area contributed by atoms with Crippen molar-refractivity contribution >= 4 is 15.7 Å². The highest BCUT2D eigenvalue weighted by molar-refractivity contribution is 7.90. The van der Waals surface area contributed by atoms with Crippen LogP contribution in [0.2, 0.25) is 0 Å². The van der Waals surface area contributed by atoms with E-state index < -0.39 is 10.0 Å². The summed E-state index contributed by atoms with van der Waals surface area (Å²) in [6.45, 7) is 0. The van der Waals surface area contributed by atoms with Crippen LogP contribution in [0.25, 0.3) is 0 Å². The lowest BCUT2D eigenvalue weighted by Crippen LogP contribution is -1.95. The number of benzene rings is 1. The number of hydrogen-bond donors (Lipinski definition) is 0. The molecule has 1 aliphatic heterocycles. The highest BCUT2D eigenvalue weighted by Gasteiger charge is 2.27. The predicted octanol–water partition coefficient (Wildman–Crippen LogP) is 1.09. The van der Waals surface area contributed by atoms with Crippen molar-refractivity contribution in [3.05, 3.63) is 29.8 Å². The highest BCUT2D eigenvalue weighted by atomic mass is 32.2. The Bertz CT molecular complexity index is 552. The number of rotatable bonds is 1. The first-order valence-electron chi connectivity index (χ1n) is 3.95. The molecule has 1 heterocycles. The molecule has 0 atom stereocenters. The van der Waals surface area contributed by atoms with Gasteiger partial charge in [-0.05, 0) is 6.07 Å². The van der Waals surface area contributed by atoms with Gasteiger partial charge in [0.15, 0.2) is 0 Å². The van der Waals surface area contributed by atoms with Crippen LogP contribution < -0.4 is 0 Å². The van der Waals surface area contributed by atoms with Crippen LogP contribution in [0.4, 0.5) is 0 Å². The molecule has 0 fully saturated rings. The van der Waals surface area contributed by atoms with Gasteiger partial charge in [0.2, 0.25) is 0 Å². The SMILES string of the molecule is N#CCC1=NS(=O)(=O)c2ccccc21. The molecule has 1 aromatic carbocycles. The van der Waals surface area contributed by atoms with Crippen molar-refractivity contribution in [1.82, 2.24) is 0 Å². The molecule has 0 bridgehead atoms. The number of nitriles is 1. The third-order valence-corrected chi connectivity index (χ3v) is 3.33. The molecule has 0 saturated heterocycles. The molecule has 0 unspecified atom stereocenters. The van der Waals surface area contributed by atoms with E-state index in [2.05, 4.69) is 4.40 Å². The van der Waals surface area contributed by atoms with E-state index in [1.807, 2.05) is 6.07 Å². The summed E-state index contributed by atoms with van der Waals surface area (Å²) in [5, 5.41) is 8.50. The third-order valence-electron chi connectivity index (χ3n) is 1.95. The topological polar surface area (TPSA) is 70.3 Å². The van der Waals surface area contributed by atoms with Gasteiger partial charge in [-0.25, -0.2) is 0 Å². The summed E-state index contributed by atoms with van der Waals surface area (Å²) in [6.07, 6.45) is 0.0241. The van der Waals surface area contributed by atoms with Crippen LogP contribution in [0.3, 0.4) is 0 Å². The highest BCUT2D eigenvalue weighted by Crippen LogP contribution is 2.26. The van der Waals surface area contributed by atoms with Crippen LogP contribution in [0.15, 0.2) is 33.6 Å². The van der Waals surface area contributed by atoms with E-state index in [0.717, 1.165) is 0 Å². The molecule has 0 aromatic heterocycles. The van der Waals surface area contributed by atoms with Gasteiger partial charge in [-0.2, -0.15) is 18.1 Å². The van der Waals surface area contributed by atoms with Gasteiger partial charge in [-0.1, -0.05) is 18.2 Å². The summed E-state index contributed by atoms with van der Waals surface area (Å²) in [4.78, 5) is 0.199. The Morgan fingerprint density at radius 3 is 2.79 bits per heavy atom. The quantitative estimate of drug-likeness (QED) is 0.690. The Balaban J connectivity index is 2.68. The van der Waals surface area contributed by atoms with Gasteiger partial charge < -0.3 is 0 Å². The molecule has 14 heavy (non-hydrogen) atoms. The molecule has 0 saturated carbocycles. The molecule has 1 aliphatic rings. The van der Waals surface area contributed by atoms with Gasteiger partial charge in [0.05, 0.1) is 23.1 Å². The summed E-state index contributed by atoms with van der Waals surface area (Å²) in [5.74, 6) is 0. The zero-order valence-electron chi connectivity index (χ0n) is 7.14. The minimum atomic E-state index is -3.54. The molecule has 2 rings (SSSR count). The summed E-state index contributed by atoms with van der Waals surface area (Å²) < 4.78 is 26.4. The van der Waals surface area contributed by atoms with Crippen molar-refractivity contribution in [3.8, 4) is 6.07 Å². The molecule has 0 N–H and O–H groups in total. The number of nitrogens with zero attached hydrogens (tertiary/aromatic N) is 2. The molecule has 0 radical (unpaired) electrons. The Morgan fingerprint density at radius 2 is 2.07 bits per heavy atom. The first-order chi connectivity index (χ1) is 6.65. The molecule has 1 aromatic rings. The Labute approximate surface area is 81.6 Å². The molecule has 70 valence electrons. The van der Waals surface area contributed by atoms with Crippen molar-refractivity contribution in [2.45, 2.75) is 11.3 Å². The predicted molar refractivity (Wildman–Crippen MR) is 50.4 cm³/mol. The zero-order chi connectivity index (χ0) is 10.2. The van der Waals surface area contributed by atoms with Crippen molar-refractivity contribution in [1.29, 1.82) is 5.26 Å². The van der Waals surface area contributed by atoms with E-state index in [9.17, 15) is 8.42 Å². The first kappa shape index (κ1) is 8.91. The monoisotopic (exact) mass is 206 g/mol. The second kappa shape index (κ2) is 2.93. The Kier molecular flexibility index (Phi) is 1.86. The molecular weight excluding hydrogens is 200 g/mol. The van der Waals surface area contributed by atoms with Gasteiger partial charge in [-0.3, -0.25) is 0 Å². The van der Waals surface area contributed by atoms with E-state index in [4.69, 9.17) is 5.26 Å². The third kappa shape index (κ3) is 1.20. The lowest BCUT2D eigenvalue weighted by atomic mass is 10.1. The lowest BCUT2D eigenvalue weighted by molar-refractivity contribution is 0.599. The fraction of sp³-hybridized carbons (Fsp3) is 0.111. The minimum absolute atomic E-state index is 0.0241. The smallest absolute Gasteiger partial charge is 0.199 e. The maximum atomic E-state index is 11.4. The van der Waals surface area contributed by atoms with Crippen LogP contribution >= 0.6 is 0 Å². The second-order valence-corrected chi connectivity index (χ2v) is 4.42. The maximum absolute atomic E-state index is 11.4. The fourth-order valence-electron chi connectivity index (χ4n) is 1.38. The fourth-order valence-corrected chi connectivity index (χ4v) is 2.64. The van der Waals surface area contributed by atoms with Crippen LogP contribution in [0, 0.1) is 11.3 Å². The van der Waals surface area contributed by atoms with E-state index in [1.54, 1.807) is 18.2 Å². The molecule has 0 aliphatic carbocycles. The average Bonchev–Trinajstić information content (AvgIpc) is 2.41. The van der Waals surface area contributed by atoms with Gasteiger partial charge in [0.1, 0.15) is 0 Å². The number of hydrogen-bond acceptors (Lipinski definition) is 3. The van der Waals surface area contributed by atoms with Crippen LogP contribution in [-0.4, -0.2) is 14.1 Å². The lowest BCUT2D eigenvalue weighted by Gasteiger charge is -1.95. The molecule has 0 amide bonds. The largest absolute Gasteiger partial charge is 0.283 e. The van der Waals surface area contributed by atoms with Gasteiger partial charge in [0.25, 0.3) is 10.0 Å². The molecule has 4 nitrogen and oxygen atoms in total. The van der Waals surface area contributed by atoms with E-state index in [0.29, 0.717) is 11.3 Å². The van der Waals surface area contributed by atoms with Gasteiger partial charge in [0, 0.05) is 5.56 Å². The maximum Gasteiger partial charge on any atom is 0.283 e. The van der Waals surface area contributed by atoms with Gasteiger partial charge in [-0.15, -0.1) is 0 Å². The van der Waals surface area contributed by atoms with E-state index >= 15 is 0 Å². The zero-order valence-corrected chi connectivity index (χ0v) is 7.95. The van der Waals surface area contributed by atoms with Crippen LogP contribution in [0.5, 0.6) is 0 Å². The van der Waals surface area contributed by atoms with Crippen LogP contribution in [0.1, 0.15) is 12.0 Å². The first-order valence-corrected chi connectivity index (χ1v) is 5.39. The number of fused-ring (bicyclic) bond motifs is 1. The minimum Gasteiger partial charge on any atom is -0.199 e. The summed E-state index contributed by atoms with van der Waals surface area (Å²) in [5.41, 5.74) is 0.886. The molecular formula is C9H6N2O2S.